The van der Waals surface area contributed by atoms with E-state index in [9.17, 15) is 9.59 Å². The van der Waals surface area contributed by atoms with Crippen LogP contribution in [-0.2, 0) is 9.59 Å². The third-order valence-corrected chi connectivity index (χ3v) is 3.75. The molecule has 0 spiro atoms. The Hall–Kier alpha value is -2.08. The van der Waals surface area contributed by atoms with Gasteiger partial charge in [-0.05, 0) is 18.6 Å². The Morgan fingerprint density at radius 1 is 1.41 bits per heavy atom. The second kappa shape index (κ2) is 7.26. The zero-order valence-electron chi connectivity index (χ0n) is 13.0. The lowest BCUT2D eigenvalue weighted by atomic mass is 10.1. The molecule has 1 atom stereocenters. The van der Waals surface area contributed by atoms with E-state index in [1.54, 1.807) is 11.9 Å². The van der Waals surface area contributed by atoms with E-state index in [1.807, 2.05) is 31.2 Å². The molecule has 0 saturated carbocycles. The molecular weight excluding hydrogens is 284 g/mol. The fraction of sp³-hybridized carbons (Fsp3) is 0.500. The van der Waals surface area contributed by atoms with Gasteiger partial charge in [-0.15, -0.1) is 0 Å². The average Bonchev–Trinajstić information content (AvgIpc) is 2.53. The Morgan fingerprint density at radius 3 is 2.82 bits per heavy atom. The first-order valence-electron chi connectivity index (χ1n) is 7.50. The van der Waals surface area contributed by atoms with Crippen LogP contribution in [0.3, 0.4) is 0 Å². The van der Waals surface area contributed by atoms with Crippen molar-refractivity contribution in [1.82, 2.24) is 4.90 Å². The lowest BCUT2D eigenvalue weighted by Gasteiger charge is -2.34. The van der Waals surface area contributed by atoms with Crippen LogP contribution in [0.4, 0.5) is 5.69 Å². The van der Waals surface area contributed by atoms with Gasteiger partial charge in [0.25, 0.3) is 5.91 Å². The van der Waals surface area contributed by atoms with Crippen LogP contribution in [0.5, 0.6) is 5.75 Å². The first-order chi connectivity index (χ1) is 10.6. The molecule has 2 amide bonds. The summed E-state index contributed by atoms with van der Waals surface area (Å²) in [6.45, 7) is 2.43. The molecule has 22 heavy (non-hydrogen) atoms. The van der Waals surface area contributed by atoms with Crippen molar-refractivity contribution in [2.24, 2.45) is 0 Å². The second-order valence-corrected chi connectivity index (χ2v) is 5.26. The lowest BCUT2D eigenvalue weighted by Crippen LogP contribution is -2.47. The first-order valence-corrected chi connectivity index (χ1v) is 7.50. The maximum absolute atomic E-state index is 12.5. The van der Waals surface area contributed by atoms with Gasteiger partial charge in [0.05, 0.1) is 12.3 Å². The summed E-state index contributed by atoms with van der Waals surface area (Å²) in [6, 6.07) is 7.35. The standard InChI is InChI=1S/C16H22N2O4/c1-3-13-16(21)18(9-8-15(20)17(2)10-11-19)12-6-4-5-7-14(12)22-13/h4-7,13,19H,3,8-11H2,1-2H3. The van der Waals surface area contributed by atoms with E-state index in [0.717, 1.165) is 0 Å². The predicted molar refractivity (Wildman–Crippen MR) is 82.8 cm³/mol. The molecule has 1 aliphatic rings. The normalized spacial score (nSPS) is 17.0. The molecule has 2 rings (SSSR count). The van der Waals surface area contributed by atoms with E-state index in [4.69, 9.17) is 9.84 Å². The molecule has 6 nitrogen and oxygen atoms in total. The highest BCUT2D eigenvalue weighted by Crippen LogP contribution is 2.34. The molecule has 1 aliphatic heterocycles. The van der Waals surface area contributed by atoms with E-state index in [2.05, 4.69) is 0 Å². The smallest absolute Gasteiger partial charge is 0.268 e. The molecule has 1 unspecified atom stereocenters. The van der Waals surface area contributed by atoms with Gasteiger partial charge in [0, 0.05) is 26.6 Å². The molecule has 0 fully saturated rings. The Kier molecular flexibility index (Phi) is 5.38. The number of carbonyl (C=O) groups is 2. The summed E-state index contributed by atoms with van der Waals surface area (Å²) in [7, 11) is 1.64. The van der Waals surface area contributed by atoms with E-state index in [1.165, 1.54) is 4.90 Å². The monoisotopic (exact) mass is 306 g/mol. The van der Waals surface area contributed by atoms with Crippen molar-refractivity contribution in [1.29, 1.82) is 0 Å². The van der Waals surface area contributed by atoms with Crippen LogP contribution >= 0.6 is 0 Å². The molecule has 0 bridgehead atoms. The number of aliphatic hydroxyl groups is 1. The van der Waals surface area contributed by atoms with Gasteiger partial charge in [-0.1, -0.05) is 19.1 Å². The third-order valence-electron chi connectivity index (χ3n) is 3.75. The molecule has 1 aromatic rings. The number of fused-ring (bicyclic) bond motifs is 1. The van der Waals surface area contributed by atoms with Gasteiger partial charge in [0.15, 0.2) is 6.10 Å². The number of hydrogen-bond acceptors (Lipinski definition) is 4. The maximum atomic E-state index is 12.5. The quantitative estimate of drug-likeness (QED) is 0.852. The average molecular weight is 306 g/mol. The summed E-state index contributed by atoms with van der Waals surface area (Å²) >= 11 is 0. The van der Waals surface area contributed by atoms with Gasteiger partial charge in [0.2, 0.25) is 5.91 Å². The number of hydrogen-bond donors (Lipinski definition) is 1. The van der Waals surface area contributed by atoms with Gasteiger partial charge < -0.3 is 19.6 Å². The minimum absolute atomic E-state index is 0.0700. The van der Waals surface area contributed by atoms with Crippen LogP contribution in [-0.4, -0.2) is 54.7 Å². The number of ether oxygens (including phenoxy) is 1. The van der Waals surface area contributed by atoms with Gasteiger partial charge in [-0.2, -0.15) is 0 Å². The van der Waals surface area contributed by atoms with Crippen molar-refractivity contribution in [2.75, 3.05) is 31.6 Å². The van der Waals surface area contributed by atoms with Crippen molar-refractivity contribution < 1.29 is 19.4 Å². The zero-order chi connectivity index (χ0) is 16.1. The van der Waals surface area contributed by atoms with Gasteiger partial charge in [-0.3, -0.25) is 9.59 Å². The summed E-state index contributed by atoms with van der Waals surface area (Å²) in [4.78, 5) is 27.5. The molecule has 1 heterocycles. The van der Waals surface area contributed by atoms with Crippen molar-refractivity contribution in [3.8, 4) is 5.75 Å². The number of likely N-dealkylation sites (N-methyl/N-ethyl adjacent to an activating group) is 1. The van der Waals surface area contributed by atoms with Crippen LogP contribution in [0.1, 0.15) is 19.8 Å². The molecule has 6 heteroatoms. The minimum Gasteiger partial charge on any atom is -0.478 e. The number of aliphatic hydroxyl groups excluding tert-OH is 1. The summed E-state index contributed by atoms with van der Waals surface area (Å²) in [5, 5.41) is 8.87. The van der Waals surface area contributed by atoms with E-state index >= 15 is 0 Å². The van der Waals surface area contributed by atoms with Gasteiger partial charge in [0.1, 0.15) is 5.75 Å². The highest BCUT2D eigenvalue weighted by molar-refractivity contribution is 6.00. The summed E-state index contributed by atoms with van der Waals surface area (Å²) in [5.41, 5.74) is 0.704. The van der Waals surface area contributed by atoms with Crippen molar-refractivity contribution in [3.63, 3.8) is 0 Å². The Labute approximate surface area is 130 Å². The highest BCUT2D eigenvalue weighted by Gasteiger charge is 2.33. The first kappa shape index (κ1) is 16.3. The second-order valence-electron chi connectivity index (χ2n) is 5.26. The topological polar surface area (TPSA) is 70.1 Å². The molecule has 0 saturated heterocycles. The molecule has 1 N–H and O–H groups in total. The highest BCUT2D eigenvalue weighted by atomic mass is 16.5. The van der Waals surface area contributed by atoms with E-state index < -0.39 is 6.10 Å². The SMILES string of the molecule is CCC1Oc2ccccc2N(CCC(=O)N(C)CCO)C1=O. The number of para-hydroxylation sites is 2. The molecule has 0 aromatic heterocycles. The van der Waals surface area contributed by atoms with Crippen LogP contribution in [0, 0.1) is 0 Å². The summed E-state index contributed by atoms with van der Waals surface area (Å²) < 4.78 is 5.70. The Balaban J connectivity index is 2.11. The Morgan fingerprint density at radius 2 is 2.14 bits per heavy atom. The van der Waals surface area contributed by atoms with Gasteiger partial charge >= 0.3 is 0 Å². The van der Waals surface area contributed by atoms with Crippen molar-refractivity contribution in [2.45, 2.75) is 25.9 Å². The lowest BCUT2D eigenvalue weighted by molar-refractivity contribution is -0.130. The van der Waals surface area contributed by atoms with E-state index in [-0.39, 0.29) is 24.8 Å². The molecule has 0 aliphatic carbocycles. The fourth-order valence-corrected chi connectivity index (χ4v) is 2.44. The number of carbonyl (C=O) groups excluding carboxylic acids is 2. The largest absolute Gasteiger partial charge is 0.478 e. The van der Waals surface area contributed by atoms with Crippen LogP contribution < -0.4 is 9.64 Å². The number of amides is 2. The summed E-state index contributed by atoms with van der Waals surface area (Å²) in [6.07, 6.45) is 0.301. The number of benzene rings is 1. The van der Waals surface area contributed by atoms with Crippen LogP contribution in [0.2, 0.25) is 0 Å². The number of nitrogens with zero attached hydrogens (tertiary/aromatic N) is 2. The van der Waals surface area contributed by atoms with Crippen molar-refractivity contribution in [3.05, 3.63) is 24.3 Å². The number of anilines is 1. The minimum atomic E-state index is -0.500. The van der Waals surface area contributed by atoms with Crippen LogP contribution in [0.15, 0.2) is 24.3 Å². The van der Waals surface area contributed by atoms with Gasteiger partial charge in [-0.25, -0.2) is 0 Å². The van der Waals surface area contributed by atoms with Crippen LogP contribution in [0.25, 0.3) is 0 Å². The fourth-order valence-electron chi connectivity index (χ4n) is 2.44. The Bertz CT molecular complexity index is 547. The van der Waals surface area contributed by atoms with Crippen molar-refractivity contribution >= 4 is 17.5 Å². The molecule has 1 aromatic carbocycles. The molecule has 0 radical (unpaired) electrons. The maximum Gasteiger partial charge on any atom is 0.268 e. The predicted octanol–water partition coefficient (Wildman–Crippen LogP) is 1.03. The third kappa shape index (κ3) is 3.39. The number of rotatable bonds is 6. The zero-order valence-corrected chi connectivity index (χ0v) is 13.0. The summed E-state index contributed by atoms with van der Waals surface area (Å²) in [5.74, 6) is 0.461. The molecule has 120 valence electrons. The molecular formula is C16H22N2O4. The van der Waals surface area contributed by atoms with E-state index in [0.29, 0.717) is 30.9 Å².